The standard InChI is InChI=1S/C13H17NO3/c14-12(13(7-15)4-1-5-13)9-2-3-10-11(6-9)17-8-16-10/h2-3,6,12,15H,1,4-5,7-8,14H2. The number of hydrogen-bond donors (Lipinski definition) is 2. The van der Waals surface area contributed by atoms with Crippen molar-refractivity contribution in [1.29, 1.82) is 0 Å². The van der Waals surface area contributed by atoms with Crippen molar-refractivity contribution < 1.29 is 14.6 Å². The monoisotopic (exact) mass is 235 g/mol. The molecular formula is C13H17NO3. The molecule has 4 heteroatoms. The van der Waals surface area contributed by atoms with E-state index in [1.54, 1.807) is 0 Å². The topological polar surface area (TPSA) is 64.7 Å². The highest BCUT2D eigenvalue weighted by molar-refractivity contribution is 5.45. The van der Waals surface area contributed by atoms with Crippen molar-refractivity contribution in [2.24, 2.45) is 11.1 Å². The summed E-state index contributed by atoms with van der Waals surface area (Å²) in [5, 5.41) is 9.53. The molecule has 0 spiro atoms. The summed E-state index contributed by atoms with van der Waals surface area (Å²) in [7, 11) is 0. The van der Waals surface area contributed by atoms with Gasteiger partial charge in [-0.15, -0.1) is 0 Å². The molecule has 1 aromatic carbocycles. The highest BCUT2D eigenvalue weighted by Crippen LogP contribution is 2.49. The van der Waals surface area contributed by atoms with E-state index < -0.39 is 0 Å². The minimum atomic E-state index is -0.131. The lowest BCUT2D eigenvalue weighted by Gasteiger charge is -2.45. The van der Waals surface area contributed by atoms with Gasteiger partial charge >= 0.3 is 0 Å². The van der Waals surface area contributed by atoms with Crippen LogP contribution in [0.25, 0.3) is 0 Å². The molecule has 1 aliphatic carbocycles. The van der Waals surface area contributed by atoms with E-state index in [1.165, 1.54) is 0 Å². The van der Waals surface area contributed by atoms with Crippen LogP contribution in [-0.4, -0.2) is 18.5 Å². The van der Waals surface area contributed by atoms with E-state index in [1.807, 2.05) is 18.2 Å². The predicted octanol–water partition coefficient (Wildman–Crippen LogP) is 1.58. The van der Waals surface area contributed by atoms with Crippen LogP contribution >= 0.6 is 0 Å². The molecule has 1 atom stereocenters. The largest absolute Gasteiger partial charge is 0.454 e. The quantitative estimate of drug-likeness (QED) is 0.834. The highest BCUT2D eigenvalue weighted by atomic mass is 16.7. The SMILES string of the molecule is NC(c1ccc2c(c1)OCO2)C1(CO)CCC1. The van der Waals surface area contributed by atoms with Crippen LogP contribution in [0.1, 0.15) is 30.9 Å². The molecule has 1 heterocycles. The van der Waals surface area contributed by atoms with E-state index in [4.69, 9.17) is 15.2 Å². The maximum Gasteiger partial charge on any atom is 0.231 e. The van der Waals surface area contributed by atoms with Crippen LogP contribution in [0.4, 0.5) is 0 Å². The Morgan fingerprint density at radius 1 is 1.29 bits per heavy atom. The number of aliphatic hydroxyl groups excluding tert-OH is 1. The molecule has 3 rings (SSSR count). The number of nitrogens with two attached hydrogens (primary N) is 1. The fourth-order valence-electron chi connectivity index (χ4n) is 2.66. The third kappa shape index (κ3) is 1.59. The van der Waals surface area contributed by atoms with Gasteiger partial charge in [-0.2, -0.15) is 0 Å². The van der Waals surface area contributed by atoms with Crippen LogP contribution in [-0.2, 0) is 0 Å². The zero-order chi connectivity index (χ0) is 11.9. The van der Waals surface area contributed by atoms with Crippen molar-refractivity contribution in [2.75, 3.05) is 13.4 Å². The molecule has 0 saturated heterocycles. The van der Waals surface area contributed by atoms with Crippen LogP contribution in [0.3, 0.4) is 0 Å². The molecule has 1 fully saturated rings. The first-order chi connectivity index (χ1) is 8.25. The molecule has 17 heavy (non-hydrogen) atoms. The zero-order valence-electron chi connectivity index (χ0n) is 9.69. The molecule has 1 aromatic rings. The summed E-state index contributed by atoms with van der Waals surface area (Å²) in [6.07, 6.45) is 3.15. The van der Waals surface area contributed by atoms with Crippen LogP contribution in [0.15, 0.2) is 18.2 Å². The Labute approximate surface area is 100 Å². The van der Waals surface area contributed by atoms with Crippen molar-refractivity contribution in [3.05, 3.63) is 23.8 Å². The number of ether oxygens (including phenoxy) is 2. The van der Waals surface area contributed by atoms with Gasteiger partial charge in [0.25, 0.3) is 0 Å². The lowest BCUT2D eigenvalue weighted by atomic mass is 9.63. The maximum atomic E-state index is 9.53. The second-order valence-corrected chi connectivity index (χ2v) is 4.96. The Bertz CT molecular complexity index is 423. The highest BCUT2D eigenvalue weighted by Gasteiger charge is 2.42. The van der Waals surface area contributed by atoms with Crippen molar-refractivity contribution >= 4 is 0 Å². The van der Waals surface area contributed by atoms with Crippen LogP contribution in [0.2, 0.25) is 0 Å². The number of aliphatic hydroxyl groups is 1. The first kappa shape index (κ1) is 10.9. The van der Waals surface area contributed by atoms with Gasteiger partial charge in [-0.1, -0.05) is 12.5 Å². The van der Waals surface area contributed by atoms with E-state index in [9.17, 15) is 5.11 Å². The fourth-order valence-corrected chi connectivity index (χ4v) is 2.66. The molecule has 0 aromatic heterocycles. The van der Waals surface area contributed by atoms with Crippen molar-refractivity contribution in [3.8, 4) is 11.5 Å². The molecule has 92 valence electrons. The van der Waals surface area contributed by atoms with Crippen molar-refractivity contribution in [2.45, 2.75) is 25.3 Å². The molecule has 2 aliphatic rings. The minimum absolute atomic E-state index is 0.129. The Hall–Kier alpha value is -1.26. The number of benzene rings is 1. The Kier molecular flexibility index (Phi) is 2.49. The third-order valence-corrected chi connectivity index (χ3v) is 4.08. The molecule has 1 unspecified atom stereocenters. The molecule has 3 N–H and O–H groups in total. The summed E-state index contributed by atoms with van der Waals surface area (Å²) in [4.78, 5) is 0. The number of hydrogen-bond acceptors (Lipinski definition) is 4. The van der Waals surface area contributed by atoms with E-state index in [2.05, 4.69) is 0 Å². The van der Waals surface area contributed by atoms with Gasteiger partial charge in [-0.05, 0) is 30.5 Å². The smallest absolute Gasteiger partial charge is 0.231 e. The Morgan fingerprint density at radius 3 is 2.71 bits per heavy atom. The van der Waals surface area contributed by atoms with Gasteiger partial charge in [0.1, 0.15) is 0 Å². The molecule has 4 nitrogen and oxygen atoms in total. The third-order valence-electron chi connectivity index (χ3n) is 4.08. The zero-order valence-corrected chi connectivity index (χ0v) is 9.69. The Balaban J connectivity index is 1.88. The predicted molar refractivity (Wildman–Crippen MR) is 62.9 cm³/mol. The second kappa shape index (κ2) is 3.89. The second-order valence-electron chi connectivity index (χ2n) is 4.96. The summed E-state index contributed by atoms with van der Waals surface area (Å²) < 4.78 is 10.6. The summed E-state index contributed by atoms with van der Waals surface area (Å²) in [5.74, 6) is 1.53. The minimum Gasteiger partial charge on any atom is -0.454 e. The number of fused-ring (bicyclic) bond motifs is 1. The van der Waals surface area contributed by atoms with Crippen LogP contribution < -0.4 is 15.2 Å². The van der Waals surface area contributed by atoms with Gasteiger partial charge < -0.3 is 20.3 Å². The van der Waals surface area contributed by atoms with E-state index in [-0.39, 0.29) is 24.9 Å². The Morgan fingerprint density at radius 2 is 2.06 bits per heavy atom. The van der Waals surface area contributed by atoms with Crippen LogP contribution in [0.5, 0.6) is 11.5 Å². The van der Waals surface area contributed by atoms with E-state index >= 15 is 0 Å². The van der Waals surface area contributed by atoms with Crippen LogP contribution in [0, 0.1) is 5.41 Å². The van der Waals surface area contributed by atoms with Crippen molar-refractivity contribution in [1.82, 2.24) is 0 Å². The molecular weight excluding hydrogens is 218 g/mol. The summed E-state index contributed by atoms with van der Waals surface area (Å²) in [6, 6.07) is 5.66. The normalized spacial score (nSPS) is 22.0. The van der Waals surface area contributed by atoms with Gasteiger partial charge in [0, 0.05) is 11.5 Å². The van der Waals surface area contributed by atoms with Crippen molar-refractivity contribution in [3.63, 3.8) is 0 Å². The fraction of sp³-hybridized carbons (Fsp3) is 0.538. The lowest BCUT2D eigenvalue weighted by Crippen LogP contribution is -2.43. The first-order valence-corrected chi connectivity index (χ1v) is 6.01. The average molecular weight is 235 g/mol. The van der Waals surface area contributed by atoms with E-state index in [0.29, 0.717) is 0 Å². The lowest BCUT2D eigenvalue weighted by molar-refractivity contribution is 0.0183. The van der Waals surface area contributed by atoms with Gasteiger partial charge in [-0.25, -0.2) is 0 Å². The number of rotatable bonds is 3. The molecule has 0 amide bonds. The van der Waals surface area contributed by atoms with Gasteiger partial charge in [0.15, 0.2) is 11.5 Å². The molecule has 0 bridgehead atoms. The van der Waals surface area contributed by atoms with E-state index in [0.717, 1.165) is 36.3 Å². The van der Waals surface area contributed by atoms with Gasteiger partial charge in [-0.3, -0.25) is 0 Å². The maximum absolute atomic E-state index is 9.53. The average Bonchev–Trinajstić information content (AvgIpc) is 2.74. The molecule has 0 radical (unpaired) electrons. The summed E-state index contributed by atoms with van der Waals surface area (Å²) in [5.41, 5.74) is 7.17. The molecule has 1 aliphatic heterocycles. The van der Waals surface area contributed by atoms with Gasteiger partial charge in [0.2, 0.25) is 6.79 Å². The molecule has 1 saturated carbocycles. The summed E-state index contributed by atoms with van der Waals surface area (Å²) in [6.45, 7) is 0.432. The first-order valence-electron chi connectivity index (χ1n) is 6.01. The summed E-state index contributed by atoms with van der Waals surface area (Å²) >= 11 is 0. The van der Waals surface area contributed by atoms with Gasteiger partial charge in [0.05, 0.1) is 6.61 Å².